The van der Waals surface area contributed by atoms with Gasteiger partial charge in [0.25, 0.3) is 11.6 Å². The van der Waals surface area contributed by atoms with Gasteiger partial charge in [0.1, 0.15) is 5.82 Å². The summed E-state index contributed by atoms with van der Waals surface area (Å²) in [6.07, 6.45) is 0.947. The van der Waals surface area contributed by atoms with Crippen LogP contribution >= 0.6 is 27.7 Å². The second-order valence-corrected chi connectivity index (χ2v) is 8.82. The van der Waals surface area contributed by atoms with Crippen molar-refractivity contribution in [1.82, 2.24) is 15.2 Å². The fraction of sp³-hybridized carbons (Fsp3) is 0.200. The Morgan fingerprint density at radius 1 is 1.20 bits per heavy atom. The maximum absolute atomic E-state index is 14.1. The molecule has 30 heavy (non-hydrogen) atoms. The molecule has 1 amide bonds. The molecule has 0 unspecified atom stereocenters. The predicted octanol–water partition coefficient (Wildman–Crippen LogP) is 4.55. The molecular weight excluding hydrogens is 473 g/mol. The summed E-state index contributed by atoms with van der Waals surface area (Å²) in [6, 6.07) is 9.56. The van der Waals surface area contributed by atoms with Gasteiger partial charge in [-0.2, -0.15) is 4.98 Å². The van der Waals surface area contributed by atoms with Crippen LogP contribution < -0.4 is 15.4 Å². The Balaban J connectivity index is 1.74. The Labute approximate surface area is 184 Å². The van der Waals surface area contributed by atoms with E-state index in [0.29, 0.717) is 33.4 Å². The number of halogens is 2. The van der Waals surface area contributed by atoms with E-state index in [1.165, 1.54) is 30.0 Å². The number of benzene rings is 2. The van der Waals surface area contributed by atoms with E-state index in [9.17, 15) is 9.18 Å². The maximum Gasteiger partial charge on any atom is 0.295 e. The highest BCUT2D eigenvalue weighted by atomic mass is 79.9. The summed E-state index contributed by atoms with van der Waals surface area (Å²) in [5.41, 5.74) is 0.784. The molecule has 7 nitrogen and oxygen atoms in total. The van der Waals surface area contributed by atoms with E-state index >= 15 is 0 Å². The third kappa shape index (κ3) is 3.02. The average Bonchev–Trinajstić information content (AvgIpc) is 2.90. The number of fused-ring (bicyclic) bond motifs is 5. The van der Waals surface area contributed by atoms with Gasteiger partial charge in [0.05, 0.1) is 11.3 Å². The van der Waals surface area contributed by atoms with Crippen LogP contribution in [0.25, 0.3) is 11.3 Å². The first-order chi connectivity index (χ1) is 14.5. The van der Waals surface area contributed by atoms with E-state index in [2.05, 4.69) is 48.7 Å². The number of rotatable bonds is 3. The van der Waals surface area contributed by atoms with Crippen molar-refractivity contribution in [2.75, 3.05) is 16.4 Å². The van der Waals surface area contributed by atoms with E-state index in [-0.39, 0.29) is 5.88 Å². The predicted molar refractivity (Wildman–Crippen MR) is 115 cm³/mol. The molecule has 0 fully saturated rings. The Hall–Kier alpha value is -2.72. The third-order valence-electron chi connectivity index (χ3n) is 4.80. The standard InChI is InChI=1S/C20H15BrFN5O2S/c1-2-7-30-19-24-17-16(26-27-19)12-8-10(21)3-5-14(12)25-20(29-17)13-9-11(22)4-6-15(13)23-18(20)28/h3-6,8-9,25H,2,7H2,1H3,(H,23,28)/t20-/m1/s1. The summed E-state index contributed by atoms with van der Waals surface area (Å²) in [7, 11) is 0. The molecule has 1 aromatic heterocycles. The van der Waals surface area contributed by atoms with Crippen molar-refractivity contribution in [3.63, 3.8) is 0 Å². The van der Waals surface area contributed by atoms with E-state index < -0.39 is 17.4 Å². The second kappa shape index (κ2) is 7.21. The zero-order valence-electron chi connectivity index (χ0n) is 15.7. The van der Waals surface area contributed by atoms with E-state index in [1.54, 1.807) is 6.07 Å². The molecule has 2 aliphatic heterocycles. The number of hydrogen-bond donors (Lipinski definition) is 2. The van der Waals surface area contributed by atoms with Crippen molar-refractivity contribution in [3.8, 4) is 17.1 Å². The number of nitrogens with zero attached hydrogens (tertiary/aromatic N) is 3. The van der Waals surface area contributed by atoms with Gasteiger partial charge in [0.15, 0.2) is 5.69 Å². The SMILES string of the molecule is CCCSc1nnc2c(n1)O[C@@]1(Nc3ccc(Br)cc3-2)C(=O)Nc2ccc(F)cc21. The molecule has 1 atom stereocenters. The Bertz CT molecular complexity index is 1190. The number of anilines is 2. The summed E-state index contributed by atoms with van der Waals surface area (Å²) in [5, 5.41) is 14.9. The van der Waals surface area contributed by atoms with Crippen LogP contribution in [0.2, 0.25) is 0 Å². The number of nitrogens with one attached hydrogen (secondary N) is 2. The van der Waals surface area contributed by atoms with Crippen LogP contribution in [0.5, 0.6) is 5.88 Å². The highest BCUT2D eigenvalue weighted by Gasteiger charge is 2.52. The lowest BCUT2D eigenvalue weighted by atomic mass is 10.0. The molecule has 0 saturated carbocycles. The zero-order chi connectivity index (χ0) is 20.9. The molecule has 2 aromatic carbocycles. The number of ether oxygens (including phenoxy) is 1. The van der Waals surface area contributed by atoms with Crippen molar-refractivity contribution in [2.24, 2.45) is 0 Å². The zero-order valence-corrected chi connectivity index (χ0v) is 18.1. The van der Waals surface area contributed by atoms with Crippen molar-refractivity contribution in [2.45, 2.75) is 24.2 Å². The average molecular weight is 488 g/mol. The highest BCUT2D eigenvalue weighted by molar-refractivity contribution is 9.10. The van der Waals surface area contributed by atoms with Crippen LogP contribution in [0.3, 0.4) is 0 Å². The first-order valence-electron chi connectivity index (χ1n) is 9.26. The molecule has 5 rings (SSSR count). The quantitative estimate of drug-likeness (QED) is 0.523. The molecule has 2 aliphatic rings. The maximum atomic E-state index is 14.1. The van der Waals surface area contributed by atoms with Crippen LogP contribution in [0.1, 0.15) is 18.9 Å². The third-order valence-corrected chi connectivity index (χ3v) is 6.33. The Morgan fingerprint density at radius 3 is 2.87 bits per heavy atom. The smallest absolute Gasteiger partial charge is 0.295 e. The van der Waals surface area contributed by atoms with Crippen molar-refractivity contribution < 1.29 is 13.9 Å². The molecular formula is C20H15BrFN5O2S. The number of thioether (sulfide) groups is 1. The van der Waals surface area contributed by atoms with Crippen molar-refractivity contribution in [3.05, 3.63) is 52.3 Å². The summed E-state index contributed by atoms with van der Waals surface area (Å²) >= 11 is 4.92. The van der Waals surface area contributed by atoms with Gasteiger partial charge < -0.3 is 15.4 Å². The lowest BCUT2D eigenvalue weighted by Gasteiger charge is -2.28. The van der Waals surface area contributed by atoms with E-state index in [0.717, 1.165) is 16.6 Å². The first kappa shape index (κ1) is 19.3. The summed E-state index contributed by atoms with van der Waals surface area (Å²) < 4.78 is 21.1. The van der Waals surface area contributed by atoms with Gasteiger partial charge in [-0.1, -0.05) is 34.6 Å². The van der Waals surface area contributed by atoms with Gasteiger partial charge in [0, 0.05) is 21.5 Å². The molecule has 3 heterocycles. The minimum Gasteiger partial charge on any atom is -0.435 e. The molecule has 2 N–H and O–H groups in total. The molecule has 0 radical (unpaired) electrons. The highest BCUT2D eigenvalue weighted by Crippen LogP contribution is 2.47. The number of aromatic nitrogens is 3. The number of carbonyl (C=O) groups excluding carboxylic acids is 1. The molecule has 1 spiro atoms. The molecule has 0 aliphatic carbocycles. The van der Waals surface area contributed by atoms with Crippen LogP contribution in [0.15, 0.2) is 46.0 Å². The molecule has 152 valence electrons. The Morgan fingerprint density at radius 2 is 2.03 bits per heavy atom. The second-order valence-electron chi connectivity index (χ2n) is 6.84. The topological polar surface area (TPSA) is 89.0 Å². The van der Waals surface area contributed by atoms with Gasteiger partial charge in [-0.15, -0.1) is 10.2 Å². The molecule has 3 aromatic rings. The van der Waals surface area contributed by atoms with Gasteiger partial charge in [-0.3, -0.25) is 4.79 Å². The van der Waals surface area contributed by atoms with E-state index in [1.807, 2.05) is 12.1 Å². The fourth-order valence-corrected chi connectivity index (χ4v) is 4.44. The Kier molecular flexibility index (Phi) is 4.62. The number of amides is 1. The number of hydrogen-bond acceptors (Lipinski definition) is 7. The monoisotopic (exact) mass is 487 g/mol. The minimum absolute atomic E-state index is 0.153. The summed E-state index contributed by atoms with van der Waals surface area (Å²) in [4.78, 5) is 17.6. The molecule has 10 heteroatoms. The van der Waals surface area contributed by atoms with E-state index in [4.69, 9.17) is 4.74 Å². The molecule has 0 bridgehead atoms. The minimum atomic E-state index is -1.69. The number of carbonyl (C=O) groups is 1. The fourth-order valence-electron chi connectivity index (χ4n) is 3.45. The normalized spacial score (nSPS) is 18.6. The van der Waals surface area contributed by atoms with Crippen molar-refractivity contribution >= 4 is 45.0 Å². The van der Waals surface area contributed by atoms with Gasteiger partial charge in [-0.05, 0) is 42.8 Å². The van der Waals surface area contributed by atoms with Gasteiger partial charge in [-0.25, -0.2) is 4.39 Å². The van der Waals surface area contributed by atoms with Crippen LogP contribution in [0.4, 0.5) is 15.8 Å². The summed E-state index contributed by atoms with van der Waals surface area (Å²) in [5.74, 6) is 0.0301. The van der Waals surface area contributed by atoms with Crippen LogP contribution in [0, 0.1) is 5.82 Å². The van der Waals surface area contributed by atoms with Gasteiger partial charge in [0.2, 0.25) is 11.0 Å². The molecule has 0 saturated heterocycles. The van der Waals surface area contributed by atoms with Crippen molar-refractivity contribution in [1.29, 1.82) is 0 Å². The first-order valence-corrected chi connectivity index (χ1v) is 11.0. The van der Waals surface area contributed by atoms with Crippen LogP contribution in [-0.4, -0.2) is 26.8 Å². The van der Waals surface area contributed by atoms with Crippen LogP contribution in [-0.2, 0) is 10.5 Å². The largest absolute Gasteiger partial charge is 0.435 e. The van der Waals surface area contributed by atoms with Gasteiger partial charge >= 0.3 is 0 Å². The summed E-state index contributed by atoms with van der Waals surface area (Å²) in [6.45, 7) is 2.06. The lowest BCUT2D eigenvalue weighted by molar-refractivity contribution is -0.128. The lowest BCUT2D eigenvalue weighted by Crippen LogP contribution is -2.47.